The third-order valence-corrected chi connectivity index (χ3v) is 3.25. The molecule has 2 rings (SSSR count). The number of H-pyrrole nitrogens is 1. The van der Waals surface area contributed by atoms with Crippen LogP contribution in [0.15, 0.2) is 18.2 Å². The summed E-state index contributed by atoms with van der Waals surface area (Å²) in [5.41, 5.74) is 3.04. The van der Waals surface area contributed by atoms with Gasteiger partial charge in [0.25, 0.3) is 5.91 Å². The molecular weight excluding hydrogens is 270 g/mol. The summed E-state index contributed by atoms with van der Waals surface area (Å²) in [6.07, 6.45) is 0. The maximum absolute atomic E-state index is 12.2. The lowest BCUT2D eigenvalue weighted by atomic mass is 10.1. The largest absolute Gasteiger partial charge is 0.477 e. The van der Waals surface area contributed by atoms with Crippen LogP contribution in [0.4, 0.5) is 0 Å². The van der Waals surface area contributed by atoms with Gasteiger partial charge in [0.2, 0.25) is 0 Å². The summed E-state index contributed by atoms with van der Waals surface area (Å²) in [5, 5.41) is 11.8. The Hall–Kier alpha value is -2.63. The van der Waals surface area contributed by atoms with E-state index in [0.29, 0.717) is 23.4 Å². The summed E-state index contributed by atoms with van der Waals surface area (Å²) < 4.78 is 0. The van der Waals surface area contributed by atoms with Crippen molar-refractivity contribution >= 4 is 11.9 Å². The Morgan fingerprint density at radius 2 is 2.00 bits per heavy atom. The van der Waals surface area contributed by atoms with Gasteiger partial charge in [-0.15, -0.1) is 0 Å². The minimum atomic E-state index is -1.07. The van der Waals surface area contributed by atoms with Crippen molar-refractivity contribution in [2.75, 3.05) is 0 Å². The SMILES string of the molecule is Cc1cccc(CNC(=O)c2c(C)[nH]c(C(=O)O)c2C)n1. The van der Waals surface area contributed by atoms with Crippen LogP contribution in [0.1, 0.15) is 43.5 Å². The summed E-state index contributed by atoms with van der Waals surface area (Å²) >= 11 is 0. The zero-order chi connectivity index (χ0) is 15.6. The maximum Gasteiger partial charge on any atom is 0.352 e. The van der Waals surface area contributed by atoms with E-state index in [2.05, 4.69) is 15.3 Å². The Labute approximate surface area is 122 Å². The fourth-order valence-corrected chi connectivity index (χ4v) is 2.26. The molecule has 1 amide bonds. The molecule has 0 atom stereocenters. The Morgan fingerprint density at radius 3 is 2.57 bits per heavy atom. The van der Waals surface area contributed by atoms with Crippen molar-refractivity contribution in [1.29, 1.82) is 0 Å². The fourth-order valence-electron chi connectivity index (χ4n) is 2.26. The van der Waals surface area contributed by atoms with Gasteiger partial charge in [-0.1, -0.05) is 6.07 Å². The lowest BCUT2D eigenvalue weighted by Crippen LogP contribution is -2.24. The predicted octanol–water partition coefficient (Wildman–Crippen LogP) is 1.96. The number of aromatic carboxylic acids is 1. The van der Waals surface area contributed by atoms with Crippen molar-refractivity contribution in [2.24, 2.45) is 0 Å². The van der Waals surface area contributed by atoms with E-state index in [1.165, 1.54) is 0 Å². The highest BCUT2D eigenvalue weighted by molar-refractivity contribution is 6.00. The number of aromatic amines is 1. The fraction of sp³-hybridized carbons (Fsp3) is 0.267. The number of hydrogen-bond donors (Lipinski definition) is 3. The molecule has 2 aromatic heterocycles. The standard InChI is InChI=1S/C15H17N3O3/c1-8-5-4-6-11(17-8)7-16-14(19)12-9(2)13(15(20)21)18-10(12)3/h4-6,18H,7H2,1-3H3,(H,16,19)(H,20,21). The smallest absolute Gasteiger partial charge is 0.352 e. The van der Waals surface area contributed by atoms with Gasteiger partial charge in [0.05, 0.1) is 17.8 Å². The van der Waals surface area contributed by atoms with Crippen LogP contribution in [-0.4, -0.2) is 27.0 Å². The number of amides is 1. The number of hydrogen-bond acceptors (Lipinski definition) is 3. The molecule has 0 bridgehead atoms. The number of carboxylic acid groups (broad SMARTS) is 1. The first kappa shape index (κ1) is 14.8. The van der Waals surface area contributed by atoms with Crippen molar-refractivity contribution in [2.45, 2.75) is 27.3 Å². The second-order valence-corrected chi connectivity index (χ2v) is 4.88. The Balaban J connectivity index is 2.16. The van der Waals surface area contributed by atoms with Crippen LogP contribution in [0.5, 0.6) is 0 Å². The van der Waals surface area contributed by atoms with Gasteiger partial charge in [0, 0.05) is 11.4 Å². The van der Waals surface area contributed by atoms with Gasteiger partial charge >= 0.3 is 5.97 Å². The van der Waals surface area contributed by atoms with Crippen LogP contribution >= 0.6 is 0 Å². The van der Waals surface area contributed by atoms with Crippen LogP contribution in [0.3, 0.4) is 0 Å². The molecule has 2 aromatic rings. The van der Waals surface area contributed by atoms with E-state index < -0.39 is 5.97 Å². The molecule has 0 aliphatic heterocycles. The number of aryl methyl sites for hydroxylation is 2. The highest BCUT2D eigenvalue weighted by atomic mass is 16.4. The number of pyridine rings is 1. The molecule has 6 nitrogen and oxygen atoms in total. The molecule has 3 N–H and O–H groups in total. The second kappa shape index (κ2) is 5.78. The van der Waals surface area contributed by atoms with Crippen LogP contribution in [0.2, 0.25) is 0 Å². The van der Waals surface area contributed by atoms with Crippen molar-refractivity contribution in [1.82, 2.24) is 15.3 Å². The molecule has 0 spiro atoms. The number of rotatable bonds is 4. The monoisotopic (exact) mass is 287 g/mol. The van der Waals surface area contributed by atoms with Gasteiger partial charge in [-0.05, 0) is 38.5 Å². The van der Waals surface area contributed by atoms with Crippen molar-refractivity contribution in [3.63, 3.8) is 0 Å². The van der Waals surface area contributed by atoms with Crippen molar-refractivity contribution in [3.8, 4) is 0 Å². The van der Waals surface area contributed by atoms with E-state index in [-0.39, 0.29) is 11.6 Å². The molecule has 0 saturated carbocycles. The van der Waals surface area contributed by atoms with E-state index >= 15 is 0 Å². The topological polar surface area (TPSA) is 95.1 Å². The Kier molecular flexibility index (Phi) is 4.07. The first-order valence-corrected chi connectivity index (χ1v) is 6.53. The van der Waals surface area contributed by atoms with Crippen molar-refractivity contribution in [3.05, 3.63) is 52.1 Å². The number of aromatic nitrogens is 2. The normalized spacial score (nSPS) is 10.4. The first-order valence-electron chi connectivity index (χ1n) is 6.53. The van der Waals surface area contributed by atoms with Crippen LogP contribution in [-0.2, 0) is 6.54 Å². The van der Waals surface area contributed by atoms with Gasteiger partial charge < -0.3 is 15.4 Å². The zero-order valence-electron chi connectivity index (χ0n) is 12.2. The minimum Gasteiger partial charge on any atom is -0.477 e. The third-order valence-electron chi connectivity index (χ3n) is 3.25. The number of carbonyl (C=O) groups excluding carboxylic acids is 1. The number of nitrogens with zero attached hydrogens (tertiary/aromatic N) is 1. The van der Waals surface area contributed by atoms with Gasteiger partial charge in [0.1, 0.15) is 5.69 Å². The summed E-state index contributed by atoms with van der Waals surface area (Å²) in [5.74, 6) is -1.38. The second-order valence-electron chi connectivity index (χ2n) is 4.88. The lowest BCUT2D eigenvalue weighted by molar-refractivity contribution is 0.0690. The quantitative estimate of drug-likeness (QED) is 0.801. The molecular formula is C15H17N3O3. The van der Waals surface area contributed by atoms with E-state index in [1.807, 2.05) is 25.1 Å². The molecule has 0 aliphatic carbocycles. The molecule has 0 aromatic carbocycles. The molecule has 2 heterocycles. The van der Waals surface area contributed by atoms with E-state index in [0.717, 1.165) is 11.4 Å². The molecule has 0 unspecified atom stereocenters. The summed E-state index contributed by atoms with van der Waals surface area (Å²) in [6, 6.07) is 5.58. The zero-order valence-corrected chi connectivity index (χ0v) is 12.2. The van der Waals surface area contributed by atoms with Crippen LogP contribution in [0, 0.1) is 20.8 Å². The average Bonchev–Trinajstić information content (AvgIpc) is 2.72. The summed E-state index contributed by atoms with van der Waals surface area (Å²) in [4.78, 5) is 30.3. The van der Waals surface area contributed by atoms with Gasteiger partial charge in [-0.2, -0.15) is 0 Å². The Bertz CT molecular complexity index is 704. The van der Waals surface area contributed by atoms with Gasteiger partial charge in [0.15, 0.2) is 0 Å². The van der Waals surface area contributed by atoms with Crippen LogP contribution in [0.25, 0.3) is 0 Å². The number of nitrogens with one attached hydrogen (secondary N) is 2. The van der Waals surface area contributed by atoms with E-state index in [9.17, 15) is 9.59 Å². The molecule has 110 valence electrons. The Morgan fingerprint density at radius 1 is 1.29 bits per heavy atom. The molecule has 21 heavy (non-hydrogen) atoms. The van der Waals surface area contributed by atoms with E-state index in [4.69, 9.17) is 5.11 Å². The van der Waals surface area contributed by atoms with E-state index in [1.54, 1.807) is 13.8 Å². The minimum absolute atomic E-state index is 0.0475. The van der Waals surface area contributed by atoms with Gasteiger partial charge in [-0.25, -0.2) is 4.79 Å². The molecule has 6 heteroatoms. The molecule has 0 aliphatic rings. The highest BCUT2D eigenvalue weighted by Gasteiger charge is 2.21. The van der Waals surface area contributed by atoms with Gasteiger partial charge in [-0.3, -0.25) is 9.78 Å². The highest BCUT2D eigenvalue weighted by Crippen LogP contribution is 2.17. The summed E-state index contributed by atoms with van der Waals surface area (Å²) in [7, 11) is 0. The molecule has 0 radical (unpaired) electrons. The maximum atomic E-state index is 12.2. The predicted molar refractivity (Wildman–Crippen MR) is 77.4 cm³/mol. The first-order chi connectivity index (χ1) is 9.90. The number of carbonyl (C=O) groups is 2. The summed E-state index contributed by atoms with van der Waals surface area (Å²) in [6.45, 7) is 5.48. The third kappa shape index (κ3) is 3.10. The van der Waals surface area contributed by atoms with Crippen LogP contribution < -0.4 is 5.32 Å². The average molecular weight is 287 g/mol. The molecule has 0 fully saturated rings. The number of carboxylic acids is 1. The van der Waals surface area contributed by atoms with Crippen molar-refractivity contribution < 1.29 is 14.7 Å². The molecule has 0 saturated heterocycles. The lowest BCUT2D eigenvalue weighted by Gasteiger charge is -2.06.